The zero-order valence-electron chi connectivity index (χ0n) is 26.6. The Morgan fingerprint density at radius 2 is 1.56 bits per heavy atom. The molecule has 8 nitrogen and oxygen atoms in total. The van der Waals surface area contributed by atoms with Crippen molar-refractivity contribution >= 4 is 11.9 Å². The summed E-state index contributed by atoms with van der Waals surface area (Å²) in [6.07, 6.45) is -7.32. The van der Waals surface area contributed by atoms with Crippen molar-refractivity contribution in [3.05, 3.63) is 94.4 Å². The summed E-state index contributed by atoms with van der Waals surface area (Å²) >= 11 is 0. The Bertz CT molecular complexity index is 1690. The lowest BCUT2D eigenvalue weighted by Gasteiger charge is -2.26. The van der Waals surface area contributed by atoms with Crippen LogP contribution in [0.4, 0.5) is 32.3 Å². The van der Waals surface area contributed by atoms with Crippen molar-refractivity contribution in [1.29, 1.82) is 0 Å². The van der Waals surface area contributed by atoms with Crippen LogP contribution in [0.1, 0.15) is 66.1 Å². The summed E-state index contributed by atoms with van der Waals surface area (Å²) in [5.41, 5.74) is 0.342. The van der Waals surface area contributed by atoms with Gasteiger partial charge >= 0.3 is 18.3 Å². The molecule has 0 radical (unpaired) electrons. The fourth-order valence-electron chi connectivity index (χ4n) is 4.88. The molecule has 4 rings (SSSR count). The van der Waals surface area contributed by atoms with Crippen LogP contribution < -0.4 is 14.4 Å². The summed E-state index contributed by atoms with van der Waals surface area (Å²) in [6.45, 7) is 5.46. The SMILES string of the molecule is COc1ccc(C(C)C)nc1-c1cc(C)ccc1CN(Cc1cc(C(F)(F)F)cc(C(F)(F)F)c1)c1ncc(OCCCC(=O)O)cn1. The maximum absolute atomic E-state index is 13.7. The highest BCUT2D eigenvalue weighted by Gasteiger charge is 2.37. The van der Waals surface area contributed by atoms with Gasteiger partial charge < -0.3 is 19.5 Å². The van der Waals surface area contributed by atoms with Gasteiger partial charge in [0, 0.05) is 30.8 Å². The van der Waals surface area contributed by atoms with Crippen LogP contribution in [0.5, 0.6) is 11.5 Å². The van der Waals surface area contributed by atoms with Crippen LogP contribution in [0.25, 0.3) is 11.3 Å². The first-order valence-electron chi connectivity index (χ1n) is 14.9. The first kappa shape index (κ1) is 36.0. The number of benzene rings is 2. The minimum absolute atomic E-state index is 0.00115. The molecule has 0 fully saturated rings. The van der Waals surface area contributed by atoms with Gasteiger partial charge in [0.05, 0.1) is 37.2 Å². The Labute approximate surface area is 273 Å². The molecule has 0 bridgehead atoms. The highest BCUT2D eigenvalue weighted by Crippen LogP contribution is 2.38. The average Bonchev–Trinajstić information content (AvgIpc) is 3.02. The third kappa shape index (κ3) is 9.35. The molecule has 0 amide bonds. The molecule has 0 saturated heterocycles. The minimum atomic E-state index is -5.02. The van der Waals surface area contributed by atoms with E-state index in [1.54, 1.807) is 12.1 Å². The second kappa shape index (κ2) is 14.9. The largest absolute Gasteiger partial charge is 0.494 e. The van der Waals surface area contributed by atoms with Crippen LogP contribution in [0.3, 0.4) is 0 Å². The van der Waals surface area contributed by atoms with E-state index in [-0.39, 0.29) is 55.2 Å². The number of alkyl halides is 6. The number of anilines is 1. The molecule has 1 N–H and O–H groups in total. The molecular weight excluding hydrogens is 642 g/mol. The molecule has 14 heteroatoms. The molecule has 0 spiro atoms. The second-order valence-electron chi connectivity index (χ2n) is 11.4. The van der Waals surface area contributed by atoms with E-state index in [1.165, 1.54) is 24.4 Å². The molecule has 0 atom stereocenters. The summed E-state index contributed by atoms with van der Waals surface area (Å²) in [5.74, 6) is -0.213. The first-order chi connectivity index (χ1) is 22.5. The normalized spacial score (nSPS) is 11.9. The van der Waals surface area contributed by atoms with E-state index in [0.717, 1.165) is 11.3 Å². The molecule has 0 saturated carbocycles. The van der Waals surface area contributed by atoms with Gasteiger partial charge in [-0.1, -0.05) is 31.5 Å². The number of aliphatic carboxylic acids is 1. The lowest BCUT2D eigenvalue weighted by atomic mass is 9.98. The molecule has 0 aliphatic rings. The van der Waals surface area contributed by atoms with Crippen LogP contribution in [-0.4, -0.2) is 39.7 Å². The predicted octanol–water partition coefficient (Wildman–Crippen LogP) is 8.47. The summed E-state index contributed by atoms with van der Waals surface area (Å²) < 4.78 is 93.5. The zero-order chi connectivity index (χ0) is 35.2. The molecule has 256 valence electrons. The Morgan fingerprint density at radius 1 is 0.917 bits per heavy atom. The lowest BCUT2D eigenvalue weighted by Crippen LogP contribution is -2.25. The Balaban J connectivity index is 1.80. The van der Waals surface area contributed by atoms with Crippen molar-refractivity contribution in [2.45, 2.75) is 65.0 Å². The third-order valence-electron chi connectivity index (χ3n) is 7.29. The molecule has 0 aliphatic carbocycles. The smallest absolute Gasteiger partial charge is 0.416 e. The van der Waals surface area contributed by atoms with E-state index in [4.69, 9.17) is 19.6 Å². The summed E-state index contributed by atoms with van der Waals surface area (Å²) in [5, 5.41) is 8.83. The van der Waals surface area contributed by atoms with Crippen molar-refractivity contribution in [1.82, 2.24) is 15.0 Å². The van der Waals surface area contributed by atoms with Gasteiger partial charge in [0.25, 0.3) is 0 Å². The predicted molar refractivity (Wildman–Crippen MR) is 166 cm³/mol. The number of pyridine rings is 1. The van der Waals surface area contributed by atoms with Gasteiger partial charge in [-0.05, 0) is 66.8 Å². The highest BCUT2D eigenvalue weighted by atomic mass is 19.4. The number of ether oxygens (including phenoxy) is 2. The fraction of sp³-hybridized carbons (Fsp3) is 0.353. The van der Waals surface area contributed by atoms with Gasteiger partial charge in [-0.25, -0.2) is 15.0 Å². The molecule has 2 heterocycles. The molecule has 2 aromatic heterocycles. The van der Waals surface area contributed by atoms with Crippen molar-refractivity contribution in [2.75, 3.05) is 18.6 Å². The third-order valence-corrected chi connectivity index (χ3v) is 7.29. The highest BCUT2D eigenvalue weighted by molar-refractivity contribution is 5.71. The number of rotatable bonds is 13. The second-order valence-corrected chi connectivity index (χ2v) is 11.4. The fourth-order valence-corrected chi connectivity index (χ4v) is 4.88. The molecular formula is C34H34F6N4O4. The van der Waals surface area contributed by atoms with Gasteiger partial charge in [0.15, 0.2) is 5.75 Å². The standard InChI is InChI=1S/C34H34F6N4O4/c1-20(2)28-9-10-29(47-4)31(43-28)27-12-21(3)7-8-23(27)19-44(32-41-16-26(17-42-32)48-11-5-6-30(45)46)18-22-13-24(33(35,36)37)15-25(14-22)34(38,39)40/h7-10,12-17,20H,5-6,11,18-19H2,1-4H3,(H,45,46). The number of carboxylic acid groups (broad SMARTS) is 1. The quantitative estimate of drug-likeness (QED) is 0.111. The van der Waals surface area contributed by atoms with E-state index in [9.17, 15) is 31.1 Å². The van der Waals surface area contributed by atoms with Crippen molar-refractivity contribution in [3.63, 3.8) is 0 Å². The number of nitrogens with zero attached hydrogens (tertiary/aromatic N) is 4. The lowest BCUT2D eigenvalue weighted by molar-refractivity contribution is -0.143. The van der Waals surface area contributed by atoms with Crippen LogP contribution in [0, 0.1) is 6.92 Å². The van der Waals surface area contributed by atoms with E-state index in [0.29, 0.717) is 34.7 Å². The van der Waals surface area contributed by atoms with Gasteiger partial charge in [-0.2, -0.15) is 26.3 Å². The van der Waals surface area contributed by atoms with Crippen LogP contribution in [-0.2, 0) is 30.2 Å². The maximum Gasteiger partial charge on any atom is 0.416 e. The number of aromatic nitrogens is 3. The van der Waals surface area contributed by atoms with Crippen molar-refractivity contribution in [2.24, 2.45) is 0 Å². The topological polar surface area (TPSA) is 97.7 Å². The summed E-state index contributed by atoms with van der Waals surface area (Å²) in [6, 6.07) is 10.6. The number of carboxylic acids is 1. The first-order valence-corrected chi connectivity index (χ1v) is 14.9. The zero-order valence-corrected chi connectivity index (χ0v) is 26.6. The van der Waals surface area contributed by atoms with Crippen LogP contribution >= 0.6 is 0 Å². The van der Waals surface area contributed by atoms with Gasteiger partial charge in [-0.15, -0.1) is 0 Å². The van der Waals surface area contributed by atoms with E-state index >= 15 is 0 Å². The Kier molecular flexibility index (Phi) is 11.2. The summed E-state index contributed by atoms with van der Waals surface area (Å²) in [4.78, 5) is 25.7. The summed E-state index contributed by atoms with van der Waals surface area (Å²) in [7, 11) is 1.50. The number of hydrogen-bond acceptors (Lipinski definition) is 7. The number of aryl methyl sites for hydroxylation is 1. The molecule has 48 heavy (non-hydrogen) atoms. The Morgan fingerprint density at radius 3 is 2.12 bits per heavy atom. The molecule has 0 aliphatic heterocycles. The van der Waals surface area contributed by atoms with E-state index in [1.807, 2.05) is 39.0 Å². The minimum Gasteiger partial charge on any atom is -0.494 e. The number of carbonyl (C=O) groups is 1. The van der Waals surface area contributed by atoms with Crippen LogP contribution in [0.15, 0.2) is 60.9 Å². The molecule has 4 aromatic rings. The van der Waals surface area contributed by atoms with Crippen molar-refractivity contribution in [3.8, 4) is 22.8 Å². The average molecular weight is 677 g/mol. The van der Waals surface area contributed by atoms with Gasteiger partial charge in [0.2, 0.25) is 5.95 Å². The van der Waals surface area contributed by atoms with Gasteiger partial charge in [-0.3, -0.25) is 4.79 Å². The molecule has 0 unspecified atom stereocenters. The monoisotopic (exact) mass is 676 g/mol. The number of halogens is 6. The van der Waals surface area contributed by atoms with Gasteiger partial charge in [0.1, 0.15) is 11.4 Å². The van der Waals surface area contributed by atoms with Crippen molar-refractivity contribution < 1.29 is 45.7 Å². The molecule has 2 aromatic carbocycles. The number of hydrogen-bond donors (Lipinski definition) is 1. The van der Waals surface area contributed by atoms with Crippen LogP contribution in [0.2, 0.25) is 0 Å². The van der Waals surface area contributed by atoms with E-state index in [2.05, 4.69) is 9.97 Å². The Hall–Kier alpha value is -4.88. The number of methoxy groups -OCH3 is 1. The van der Waals surface area contributed by atoms with E-state index < -0.39 is 36.0 Å². The maximum atomic E-state index is 13.7.